The second-order valence-corrected chi connectivity index (χ2v) is 3.11. The molecule has 0 saturated carbocycles. The highest BCUT2D eigenvalue weighted by Crippen LogP contribution is 2.03. The zero-order valence-corrected chi connectivity index (χ0v) is 9.77. The lowest BCUT2D eigenvalue weighted by atomic mass is 10.2. The van der Waals surface area contributed by atoms with Crippen LogP contribution in [0.5, 0.6) is 0 Å². The van der Waals surface area contributed by atoms with Gasteiger partial charge in [-0.1, -0.05) is 12.7 Å². The van der Waals surface area contributed by atoms with E-state index in [1.54, 1.807) is 0 Å². The van der Waals surface area contributed by atoms with Gasteiger partial charge in [-0.25, -0.2) is 14.4 Å². The van der Waals surface area contributed by atoms with Gasteiger partial charge in [-0.05, 0) is 0 Å². The number of ether oxygens (including phenoxy) is 2. The molecule has 0 aromatic rings. The number of hydrogen-bond donors (Lipinski definition) is 2. The quantitative estimate of drug-likeness (QED) is 0.351. The Bertz CT molecular complexity index is 409. The van der Waals surface area contributed by atoms with Crippen LogP contribution in [0.3, 0.4) is 0 Å². The smallest absolute Gasteiger partial charge is 0.348 e. The van der Waals surface area contributed by atoms with Gasteiger partial charge in [0, 0.05) is 12.2 Å². The fourth-order valence-electron chi connectivity index (χ4n) is 0.885. The van der Waals surface area contributed by atoms with Crippen LogP contribution < -0.4 is 0 Å². The Morgan fingerprint density at radius 2 is 1.79 bits per heavy atom. The van der Waals surface area contributed by atoms with Crippen LogP contribution in [-0.2, 0) is 28.7 Å². The summed E-state index contributed by atoms with van der Waals surface area (Å²) in [5, 5.41) is 16.8. The van der Waals surface area contributed by atoms with Crippen LogP contribution in [-0.4, -0.2) is 46.8 Å². The Balaban J connectivity index is 4.62. The molecule has 0 spiro atoms. The molecule has 8 nitrogen and oxygen atoms in total. The predicted octanol–water partition coefficient (Wildman–Crippen LogP) is -0.257. The standard InChI is InChI=1S/C11H12O8/c1-2-5-18-11(17)7(6-9(14)15)19-10(16)4-3-8(12)13/h2-4,7H,1,5-6H2,(H,12,13)(H,14,15)/b4-3+. The van der Waals surface area contributed by atoms with Crippen molar-refractivity contribution >= 4 is 23.9 Å². The Hall–Kier alpha value is -2.64. The van der Waals surface area contributed by atoms with E-state index in [1.807, 2.05) is 0 Å². The maximum atomic E-state index is 11.4. The molecule has 8 heteroatoms. The lowest BCUT2D eigenvalue weighted by Gasteiger charge is -2.13. The summed E-state index contributed by atoms with van der Waals surface area (Å²) >= 11 is 0. The minimum absolute atomic E-state index is 0.169. The van der Waals surface area contributed by atoms with Gasteiger partial charge in [0.15, 0.2) is 0 Å². The highest BCUT2D eigenvalue weighted by atomic mass is 16.6. The Labute approximate surface area is 107 Å². The molecule has 0 fully saturated rings. The molecule has 1 atom stereocenters. The molecule has 0 radical (unpaired) electrons. The van der Waals surface area contributed by atoms with Crippen molar-refractivity contribution in [1.82, 2.24) is 0 Å². The molecule has 0 rings (SSSR count). The Morgan fingerprint density at radius 3 is 2.26 bits per heavy atom. The molecule has 0 saturated heterocycles. The van der Waals surface area contributed by atoms with Crippen molar-refractivity contribution in [3.05, 3.63) is 24.8 Å². The van der Waals surface area contributed by atoms with Gasteiger partial charge < -0.3 is 19.7 Å². The van der Waals surface area contributed by atoms with E-state index in [2.05, 4.69) is 16.1 Å². The normalized spacial score (nSPS) is 11.6. The highest BCUT2D eigenvalue weighted by Gasteiger charge is 2.26. The molecule has 2 N–H and O–H groups in total. The van der Waals surface area contributed by atoms with Crippen LogP contribution in [0, 0.1) is 0 Å². The molecule has 0 aliphatic rings. The molecule has 0 amide bonds. The van der Waals surface area contributed by atoms with E-state index in [9.17, 15) is 19.2 Å². The molecule has 0 aromatic carbocycles. The molecule has 0 aromatic heterocycles. The van der Waals surface area contributed by atoms with Crippen LogP contribution in [0.15, 0.2) is 24.8 Å². The second kappa shape index (κ2) is 8.45. The molecule has 1 unspecified atom stereocenters. The van der Waals surface area contributed by atoms with Gasteiger partial charge in [-0.3, -0.25) is 4.79 Å². The van der Waals surface area contributed by atoms with Gasteiger partial charge in [-0.2, -0.15) is 0 Å². The van der Waals surface area contributed by atoms with Crippen molar-refractivity contribution in [2.24, 2.45) is 0 Å². The maximum absolute atomic E-state index is 11.4. The second-order valence-electron chi connectivity index (χ2n) is 3.11. The van der Waals surface area contributed by atoms with Gasteiger partial charge in [0.1, 0.15) is 6.61 Å². The van der Waals surface area contributed by atoms with Crippen molar-refractivity contribution in [3.8, 4) is 0 Å². The van der Waals surface area contributed by atoms with E-state index in [4.69, 9.17) is 10.2 Å². The molecular weight excluding hydrogens is 260 g/mol. The number of carboxylic acid groups (broad SMARTS) is 2. The van der Waals surface area contributed by atoms with E-state index in [1.165, 1.54) is 6.08 Å². The predicted molar refractivity (Wildman–Crippen MR) is 60.1 cm³/mol. The van der Waals surface area contributed by atoms with Crippen LogP contribution >= 0.6 is 0 Å². The summed E-state index contributed by atoms with van der Waals surface area (Å²) in [6.45, 7) is 3.12. The molecule has 0 aliphatic carbocycles. The van der Waals surface area contributed by atoms with Crippen molar-refractivity contribution in [3.63, 3.8) is 0 Å². The molecule has 0 bridgehead atoms. The van der Waals surface area contributed by atoms with Crippen LogP contribution in [0.25, 0.3) is 0 Å². The van der Waals surface area contributed by atoms with E-state index >= 15 is 0 Å². The number of carbonyl (C=O) groups is 4. The van der Waals surface area contributed by atoms with Crippen molar-refractivity contribution in [2.75, 3.05) is 6.61 Å². The SMILES string of the molecule is C=CCOC(=O)C(CC(=O)O)OC(=O)/C=C/C(=O)O. The Morgan fingerprint density at radius 1 is 1.16 bits per heavy atom. The third-order valence-electron chi connectivity index (χ3n) is 1.59. The number of carbonyl (C=O) groups excluding carboxylic acids is 2. The number of aliphatic carboxylic acids is 2. The van der Waals surface area contributed by atoms with Gasteiger partial charge in [0.05, 0.1) is 6.42 Å². The summed E-state index contributed by atoms with van der Waals surface area (Å²) < 4.78 is 9.03. The molecular formula is C11H12O8. The zero-order chi connectivity index (χ0) is 14.8. The summed E-state index contributed by atoms with van der Waals surface area (Å²) in [7, 11) is 0. The first-order valence-corrected chi connectivity index (χ1v) is 4.97. The average molecular weight is 272 g/mol. The van der Waals surface area contributed by atoms with Gasteiger partial charge in [-0.15, -0.1) is 0 Å². The molecule has 0 heterocycles. The van der Waals surface area contributed by atoms with Gasteiger partial charge in [0.25, 0.3) is 0 Å². The van der Waals surface area contributed by atoms with E-state index in [0.717, 1.165) is 0 Å². The summed E-state index contributed by atoms with van der Waals surface area (Å²) in [6, 6.07) is 0. The third kappa shape index (κ3) is 8.13. The van der Waals surface area contributed by atoms with Gasteiger partial charge in [0.2, 0.25) is 6.10 Å². The highest BCUT2D eigenvalue weighted by molar-refractivity contribution is 5.92. The van der Waals surface area contributed by atoms with Crippen LogP contribution in [0.4, 0.5) is 0 Å². The maximum Gasteiger partial charge on any atom is 0.348 e. The van der Waals surface area contributed by atoms with Gasteiger partial charge >= 0.3 is 23.9 Å². The van der Waals surface area contributed by atoms with Crippen molar-refractivity contribution in [1.29, 1.82) is 0 Å². The number of hydrogen-bond acceptors (Lipinski definition) is 6. The number of rotatable bonds is 8. The van der Waals surface area contributed by atoms with Crippen LogP contribution in [0.2, 0.25) is 0 Å². The molecule has 0 aliphatic heterocycles. The average Bonchev–Trinajstić information content (AvgIpc) is 2.32. The third-order valence-corrected chi connectivity index (χ3v) is 1.59. The topological polar surface area (TPSA) is 127 Å². The monoisotopic (exact) mass is 272 g/mol. The summed E-state index contributed by atoms with van der Waals surface area (Å²) in [5.74, 6) is -4.99. The van der Waals surface area contributed by atoms with E-state index in [-0.39, 0.29) is 6.61 Å². The van der Waals surface area contributed by atoms with Crippen molar-refractivity contribution in [2.45, 2.75) is 12.5 Å². The largest absolute Gasteiger partial charge is 0.481 e. The first kappa shape index (κ1) is 16.4. The number of carboxylic acids is 2. The zero-order valence-electron chi connectivity index (χ0n) is 9.77. The molecule has 19 heavy (non-hydrogen) atoms. The van der Waals surface area contributed by atoms with Crippen molar-refractivity contribution < 1.29 is 38.9 Å². The van der Waals surface area contributed by atoms with E-state index in [0.29, 0.717) is 12.2 Å². The minimum Gasteiger partial charge on any atom is -0.481 e. The van der Waals surface area contributed by atoms with E-state index < -0.39 is 36.4 Å². The Kier molecular flexibility index (Phi) is 7.28. The summed E-state index contributed by atoms with van der Waals surface area (Å²) in [5.41, 5.74) is 0. The fraction of sp³-hybridized carbons (Fsp3) is 0.273. The number of esters is 2. The minimum atomic E-state index is -1.65. The fourth-order valence-corrected chi connectivity index (χ4v) is 0.885. The first-order valence-electron chi connectivity index (χ1n) is 4.97. The lowest BCUT2D eigenvalue weighted by Crippen LogP contribution is -2.31. The lowest BCUT2D eigenvalue weighted by molar-refractivity contribution is -0.167. The molecule has 104 valence electrons. The summed E-state index contributed by atoms with van der Waals surface area (Å²) in [4.78, 5) is 43.1. The summed E-state index contributed by atoms with van der Waals surface area (Å²) in [6.07, 6.45) is -0.138. The van der Waals surface area contributed by atoms with Crippen LogP contribution in [0.1, 0.15) is 6.42 Å². The first-order chi connectivity index (χ1) is 8.86.